The number of aromatic nitrogens is 3. The number of piperidine rings is 1. The second kappa shape index (κ2) is 6.56. The molecule has 0 bridgehead atoms. The molecule has 1 fully saturated rings. The number of carbonyl (C=O) groups is 1. The van der Waals surface area contributed by atoms with E-state index in [0.29, 0.717) is 25.1 Å². The van der Waals surface area contributed by atoms with Crippen molar-refractivity contribution in [3.63, 3.8) is 0 Å². The van der Waals surface area contributed by atoms with Gasteiger partial charge in [0.05, 0.1) is 6.10 Å². The monoisotopic (exact) mass is 374 g/mol. The Labute approximate surface area is 163 Å². The van der Waals surface area contributed by atoms with E-state index < -0.39 is 0 Å². The number of amides is 1. The molecule has 2 aliphatic rings. The van der Waals surface area contributed by atoms with Crippen LogP contribution in [0.15, 0.2) is 61.2 Å². The Morgan fingerprint density at radius 3 is 2.57 bits per heavy atom. The fourth-order valence-corrected chi connectivity index (χ4v) is 4.79. The van der Waals surface area contributed by atoms with Gasteiger partial charge in [-0.1, -0.05) is 30.3 Å². The summed E-state index contributed by atoms with van der Waals surface area (Å²) in [5.74, 6) is 0.0329. The summed E-state index contributed by atoms with van der Waals surface area (Å²) in [6.07, 6.45) is 5.18. The van der Waals surface area contributed by atoms with Crippen molar-refractivity contribution >= 4 is 5.91 Å². The number of carbonyl (C=O) groups excluding carboxylic acids is 1. The Hall–Kier alpha value is -2.99. The summed E-state index contributed by atoms with van der Waals surface area (Å²) in [5, 5.41) is 18.4. The zero-order valence-electron chi connectivity index (χ0n) is 15.5. The molecule has 1 aliphatic carbocycles. The number of nitrogens with zero attached hydrogens (tertiary/aromatic N) is 4. The second-order valence-electron chi connectivity index (χ2n) is 7.74. The van der Waals surface area contributed by atoms with Crippen molar-refractivity contribution in [1.82, 2.24) is 19.7 Å². The van der Waals surface area contributed by atoms with Crippen molar-refractivity contribution in [3.8, 4) is 5.69 Å². The van der Waals surface area contributed by atoms with Gasteiger partial charge in [-0.3, -0.25) is 9.36 Å². The minimum Gasteiger partial charge on any atom is -0.392 e. The third kappa shape index (κ3) is 2.64. The van der Waals surface area contributed by atoms with E-state index >= 15 is 0 Å². The third-order valence-corrected chi connectivity index (χ3v) is 6.36. The predicted octanol–water partition coefficient (Wildman–Crippen LogP) is 2.36. The number of hydrogen-bond acceptors (Lipinski definition) is 4. The molecule has 1 amide bonds. The van der Waals surface area contributed by atoms with Gasteiger partial charge in [-0.05, 0) is 48.6 Å². The fraction of sp³-hybridized carbons (Fsp3) is 0.318. The highest BCUT2D eigenvalue weighted by molar-refractivity contribution is 5.94. The third-order valence-electron chi connectivity index (χ3n) is 6.36. The van der Waals surface area contributed by atoms with Crippen molar-refractivity contribution in [2.45, 2.75) is 30.8 Å². The molecule has 28 heavy (non-hydrogen) atoms. The number of aliphatic hydroxyl groups excluding tert-OH is 1. The minimum atomic E-state index is -0.362. The van der Waals surface area contributed by atoms with Crippen LogP contribution in [0.1, 0.15) is 34.3 Å². The Kier molecular flexibility index (Phi) is 4.02. The maximum atomic E-state index is 13.1. The molecular formula is C22H22N4O2. The molecule has 1 spiro atoms. The van der Waals surface area contributed by atoms with Crippen LogP contribution in [0.5, 0.6) is 0 Å². The SMILES string of the molecule is O=C(c1cccc(-n2cnnc2)c1)N1CCC2(CC1)c1ccccc1CC2O. The molecule has 1 N–H and O–H groups in total. The minimum absolute atomic E-state index is 0.0329. The van der Waals surface area contributed by atoms with Gasteiger partial charge in [-0.15, -0.1) is 10.2 Å². The molecule has 2 heterocycles. The predicted molar refractivity (Wildman–Crippen MR) is 104 cm³/mol. The first-order valence-electron chi connectivity index (χ1n) is 9.68. The van der Waals surface area contributed by atoms with Crippen LogP contribution in [0.4, 0.5) is 0 Å². The smallest absolute Gasteiger partial charge is 0.253 e. The first kappa shape index (κ1) is 17.1. The van der Waals surface area contributed by atoms with Crippen LogP contribution < -0.4 is 0 Å². The van der Waals surface area contributed by atoms with E-state index in [4.69, 9.17) is 0 Å². The zero-order valence-corrected chi connectivity index (χ0v) is 15.5. The fourth-order valence-electron chi connectivity index (χ4n) is 4.79. The molecule has 6 heteroatoms. The van der Waals surface area contributed by atoms with Gasteiger partial charge in [0.15, 0.2) is 0 Å². The number of benzene rings is 2. The molecule has 1 unspecified atom stereocenters. The molecule has 1 aromatic heterocycles. The molecule has 0 radical (unpaired) electrons. The summed E-state index contributed by atoms with van der Waals surface area (Å²) in [6.45, 7) is 1.31. The Morgan fingerprint density at radius 2 is 1.79 bits per heavy atom. The van der Waals surface area contributed by atoms with Crippen molar-refractivity contribution in [2.24, 2.45) is 0 Å². The molecule has 1 atom stereocenters. The summed E-state index contributed by atoms with van der Waals surface area (Å²) < 4.78 is 1.79. The maximum Gasteiger partial charge on any atom is 0.253 e. The Morgan fingerprint density at radius 1 is 1.04 bits per heavy atom. The zero-order chi connectivity index (χ0) is 19.1. The van der Waals surface area contributed by atoms with Crippen LogP contribution in [-0.4, -0.2) is 49.9 Å². The Bertz CT molecular complexity index is 1010. The maximum absolute atomic E-state index is 13.1. The molecule has 5 rings (SSSR count). The van der Waals surface area contributed by atoms with Crippen molar-refractivity contribution < 1.29 is 9.90 Å². The van der Waals surface area contributed by atoms with Crippen LogP contribution in [-0.2, 0) is 11.8 Å². The summed E-state index contributed by atoms with van der Waals surface area (Å²) in [6, 6.07) is 15.9. The van der Waals surface area contributed by atoms with Crippen LogP contribution >= 0.6 is 0 Å². The number of hydrogen-bond donors (Lipinski definition) is 1. The van der Waals surface area contributed by atoms with Gasteiger partial charge in [0, 0.05) is 29.8 Å². The summed E-state index contributed by atoms with van der Waals surface area (Å²) in [4.78, 5) is 15.0. The molecular weight excluding hydrogens is 352 g/mol. The highest BCUT2D eigenvalue weighted by Crippen LogP contribution is 2.46. The summed E-state index contributed by atoms with van der Waals surface area (Å²) in [7, 11) is 0. The van der Waals surface area contributed by atoms with E-state index in [1.54, 1.807) is 17.2 Å². The van der Waals surface area contributed by atoms with E-state index in [2.05, 4.69) is 22.3 Å². The molecule has 0 saturated carbocycles. The number of aliphatic hydroxyl groups is 1. The number of rotatable bonds is 2. The van der Waals surface area contributed by atoms with Crippen molar-refractivity contribution in [2.75, 3.05) is 13.1 Å². The molecule has 6 nitrogen and oxygen atoms in total. The van der Waals surface area contributed by atoms with E-state index in [1.807, 2.05) is 41.3 Å². The topological polar surface area (TPSA) is 71.2 Å². The van der Waals surface area contributed by atoms with Gasteiger partial charge in [-0.2, -0.15) is 0 Å². The first-order chi connectivity index (χ1) is 13.7. The average Bonchev–Trinajstić information content (AvgIpc) is 3.36. The average molecular weight is 374 g/mol. The Balaban J connectivity index is 1.35. The lowest BCUT2D eigenvalue weighted by molar-refractivity contribution is 0.0365. The lowest BCUT2D eigenvalue weighted by atomic mass is 9.72. The number of fused-ring (bicyclic) bond motifs is 2. The standard InChI is InChI=1S/C22H22N4O2/c27-20-13-16-4-1-2-7-19(16)22(20)8-10-25(11-9-22)21(28)17-5-3-6-18(12-17)26-14-23-24-15-26/h1-7,12,14-15,20,27H,8-11,13H2. The largest absolute Gasteiger partial charge is 0.392 e. The van der Waals surface area contributed by atoms with Crippen molar-refractivity contribution in [1.29, 1.82) is 0 Å². The van der Waals surface area contributed by atoms with Gasteiger partial charge in [0.2, 0.25) is 0 Å². The van der Waals surface area contributed by atoms with E-state index in [9.17, 15) is 9.90 Å². The molecule has 1 saturated heterocycles. The first-order valence-corrected chi connectivity index (χ1v) is 9.68. The van der Waals surface area contributed by atoms with Crippen LogP contribution in [0.25, 0.3) is 5.69 Å². The molecule has 2 aromatic carbocycles. The van der Waals surface area contributed by atoms with Crippen LogP contribution in [0.2, 0.25) is 0 Å². The highest BCUT2D eigenvalue weighted by Gasteiger charge is 2.48. The molecule has 142 valence electrons. The molecule has 3 aromatic rings. The van der Waals surface area contributed by atoms with Crippen LogP contribution in [0, 0.1) is 0 Å². The van der Waals surface area contributed by atoms with Gasteiger partial charge in [-0.25, -0.2) is 0 Å². The lowest BCUT2D eigenvalue weighted by Gasteiger charge is -2.42. The van der Waals surface area contributed by atoms with E-state index in [-0.39, 0.29) is 17.4 Å². The highest BCUT2D eigenvalue weighted by atomic mass is 16.3. The van der Waals surface area contributed by atoms with Gasteiger partial charge in [0.1, 0.15) is 12.7 Å². The lowest BCUT2D eigenvalue weighted by Crippen LogP contribution is -2.49. The van der Waals surface area contributed by atoms with E-state index in [1.165, 1.54) is 11.1 Å². The quantitative estimate of drug-likeness (QED) is 0.748. The normalized spacial score (nSPS) is 20.3. The summed E-state index contributed by atoms with van der Waals surface area (Å²) >= 11 is 0. The van der Waals surface area contributed by atoms with Gasteiger partial charge in [0.25, 0.3) is 5.91 Å². The second-order valence-corrected chi connectivity index (χ2v) is 7.74. The molecule has 1 aliphatic heterocycles. The van der Waals surface area contributed by atoms with Crippen molar-refractivity contribution in [3.05, 3.63) is 77.9 Å². The number of likely N-dealkylation sites (tertiary alicyclic amines) is 1. The van der Waals surface area contributed by atoms with Crippen LogP contribution in [0.3, 0.4) is 0 Å². The van der Waals surface area contributed by atoms with Gasteiger partial charge >= 0.3 is 0 Å². The van der Waals surface area contributed by atoms with E-state index in [0.717, 1.165) is 18.5 Å². The van der Waals surface area contributed by atoms with Gasteiger partial charge < -0.3 is 10.0 Å². The summed E-state index contributed by atoms with van der Waals surface area (Å²) in [5.41, 5.74) is 3.83.